The molecule has 0 radical (unpaired) electrons. The summed E-state index contributed by atoms with van der Waals surface area (Å²) in [4.78, 5) is 2.40. The Morgan fingerprint density at radius 2 is 1.36 bits per heavy atom. The first-order chi connectivity index (χ1) is 13.5. The van der Waals surface area contributed by atoms with Gasteiger partial charge in [0.05, 0.1) is 0 Å². The summed E-state index contributed by atoms with van der Waals surface area (Å²) in [6.07, 6.45) is 2.32. The summed E-state index contributed by atoms with van der Waals surface area (Å²) in [5.74, 6) is 6.99. The minimum Gasteiger partial charge on any atom is -0.373 e. The van der Waals surface area contributed by atoms with Crippen molar-refractivity contribution < 1.29 is 0 Å². The summed E-state index contributed by atoms with van der Waals surface area (Å²) in [6.45, 7) is 6.78. The van der Waals surface area contributed by atoms with Crippen LogP contribution in [0.25, 0.3) is 6.08 Å². The molecule has 3 aromatic carbocycles. The summed E-state index contributed by atoms with van der Waals surface area (Å²) < 4.78 is 0. The fraction of sp³-hybridized carbons (Fsp3) is 0.154. The van der Waals surface area contributed by atoms with Crippen LogP contribution in [0.5, 0.6) is 0 Å². The molecule has 1 heterocycles. The summed E-state index contributed by atoms with van der Waals surface area (Å²) in [6, 6.07) is 29.4. The van der Waals surface area contributed by atoms with Gasteiger partial charge >= 0.3 is 6.85 Å². The quantitative estimate of drug-likeness (QED) is 0.415. The number of anilines is 1. The largest absolute Gasteiger partial charge is 0.381 e. The first-order valence-corrected chi connectivity index (χ1v) is 9.76. The highest BCUT2D eigenvalue weighted by Gasteiger charge is 2.36. The van der Waals surface area contributed by atoms with E-state index in [1.807, 2.05) is 18.2 Å². The normalized spacial score (nSPS) is 13.3. The SMILES string of the molecule is CC(C)(C)C1=Cc2ccccc2B(C#Cc2ccccc2)N1c1ccccc1. The van der Waals surface area contributed by atoms with Crippen LogP contribution in [0.4, 0.5) is 5.69 Å². The second-order valence-corrected chi connectivity index (χ2v) is 8.15. The van der Waals surface area contributed by atoms with Crippen LogP contribution in [0.1, 0.15) is 31.9 Å². The van der Waals surface area contributed by atoms with Gasteiger partial charge in [0.1, 0.15) is 0 Å². The van der Waals surface area contributed by atoms with Crippen molar-refractivity contribution in [3.63, 3.8) is 0 Å². The van der Waals surface area contributed by atoms with Crippen LogP contribution in [-0.4, -0.2) is 6.85 Å². The second-order valence-electron chi connectivity index (χ2n) is 8.15. The van der Waals surface area contributed by atoms with Crippen LogP contribution >= 0.6 is 0 Å². The Hall–Kier alpha value is -3.18. The van der Waals surface area contributed by atoms with E-state index >= 15 is 0 Å². The summed E-state index contributed by atoms with van der Waals surface area (Å²) in [7, 11) is 0. The lowest BCUT2D eigenvalue weighted by molar-refractivity contribution is 0.501. The van der Waals surface area contributed by atoms with Gasteiger partial charge in [-0.25, -0.2) is 0 Å². The molecule has 136 valence electrons. The molecule has 1 aliphatic rings. The highest BCUT2D eigenvalue weighted by molar-refractivity contribution is 6.85. The lowest BCUT2D eigenvalue weighted by Crippen LogP contribution is -2.53. The Kier molecular flexibility index (Phi) is 4.84. The molecular formula is C26H24BN. The molecule has 0 fully saturated rings. The van der Waals surface area contributed by atoms with Gasteiger partial charge in [0.2, 0.25) is 0 Å². The van der Waals surface area contributed by atoms with Crippen molar-refractivity contribution in [1.29, 1.82) is 0 Å². The average molecular weight is 361 g/mol. The van der Waals surface area contributed by atoms with E-state index < -0.39 is 0 Å². The molecule has 0 amide bonds. The van der Waals surface area contributed by atoms with Crippen molar-refractivity contribution in [2.75, 3.05) is 4.81 Å². The van der Waals surface area contributed by atoms with E-state index in [9.17, 15) is 0 Å². The first kappa shape index (κ1) is 18.2. The van der Waals surface area contributed by atoms with E-state index in [1.54, 1.807) is 0 Å². The number of hydrogen-bond acceptors (Lipinski definition) is 1. The van der Waals surface area contributed by atoms with Crippen molar-refractivity contribution in [3.8, 4) is 11.7 Å². The van der Waals surface area contributed by atoms with Gasteiger partial charge in [0.15, 0.2) is 0 Å². The van der Waals surface area contributed by atoms with Crippen molar-refractivity contribution >= 4 is 24.1 Å². The minimum atomic E-state index is -0.0296. The maximum Gasteiger partial charge on any atom is 0.381 e. The number of fused-ring (bicyclic) bond motifs is 1. The second kappa shape index (κ2) is 7.45. The standard InChI is InChI=1S/C26H24BN/c1-26(2,3)25-20-22-14-10-11-17-24(22)27(19-18-21-12-6-4-7-13-21)28(25)23-15-8-5-9-16-23/h4-17,20H,1-3H3. The molecule has 0 bridgehead atoms. The molecule has 0 aliphatic carbocycles. The van der Waals surface area contributed by atoms with E-state index in [-0.39, 0.29) is 12.3 Å². The van der Waals surface area contributed by atoms with Crippen LogP contribution in [-0.2, 0) is 0 Å². The molecule has 0 saturated heterocycles. The predicted molar refractivity (Wildman–Crippen MR) is 122 cm³/mol. The van der Waals surface area contributed by atoms with Gasteiger partial charge in [-0.05, 0) is 41.4 Å². The fourth-order valence-corrected chi connectivity index (χ4v) is 3.66. The van der Waals surface area contributed by atoms with E-state index in [1.165, 1.54) is 22.4 Å². The zero-order valence-corrected chi connectivity index (χ0v) is 16.7. The fourth-order valence-electron chi connectivity index (χ4n) is 3.66. The Morgan fingerprint density at radius 1 is 0.750 bits per heavy atom. The highest BCUT2D eigenvalue weighted by Crippen LogP contribution is 2.36. The van der Waals surface area contributed by atoms with Crippen molar-refractivity contribution in [2.24, 2.45) is 5.41 Å². The van der Waals surface area contributed by atoms with Crippen LogP contribution in [0.2, 0.25) is 0 Å². The van der Waals surface area contributed by atoms with Crippen LogP contribution in [0.3, 0.4) is 0 Å². The molecule has 28 heavy (non-hydrogen) atoms. The van der Waals surface area contributed by atoms with Gasteiger partial charge in [-0.3, -0.25) is 0 Å². The summed E-state index contributed by atoms with van der Waals surface area (Å²) >= 11 is 0. The molecule has 0 N–H and O–H groups in total. The number of allylic oxidation sites excluding steroid dienone is 1. The molecule has 1 nitrogen and oxygen atoms in total. The van der Waals surface area contributed by atoms with E-state index in [0.717, 1.165) is 5.56 Å². The number of hydrogen-bond donors (Lipinski definition) is 0. The topological polar surface area (TPSA) is 3.24 Å². The third-order valence-corrected chi connectivity index (χ3v) is 5.03. The van der Waals surface area contributed by atoms with Crippen molar-refractivity contribution in [1.82, 2.24) is 0 Å². The van der Waals surface area contributed by atoms with E-state index in [2.05, 4.69) is 110 Å². The zero-order valence-electron chi connectivity index (χ0n) is 16.7. The van der Waals surface area contributed by atoms with Gasteiger partial charge in [0.25, 0.3) is 0 Å². The van der Waals surface area contributed by atoms with Crippen LogP contribution in [0.15, 0.2) is 90.6 Å². The summed E-state index contributed by atoms with van der Waals surface area (Å²) in [5.41, 5.74) is 6.00. The molecule has 3 aromatic rings. The molecular weight excluding hydrogens is 337 g/mol. The molecule has 0 atom stereocenters. The number of rotatable bonds is 1. The number of nitrogens with zero attached hydrogens (tertiary/aromatic N) is 1. The number of benzene rings is 3. The Bertz CT molecular complexity index is 1050. The smallest absolute Gasteiger partial charge is 0.373 e. The van der Waals surface area contributed by atoms with Gasteiger partial charge in [-0.15, -0.1) is 5.82 Å². The Labute approximate surface area is 168 Å². The molecule has 0 unspecified atom stereocenters. The molecule has 2 heteroatoms. The van der Waals surface area contributed by atoms with Crippen molar-refractivity contribution in [2.45, 2.75) is 20.8 Å². The molecule has 4 rings (SSSR count). The number of para-hydroxylation sites is 1. The van der Waals surface area contributed by atoms with Crippen molar-refractivity contribution in [3.05, 3.63) is 102 Å². The molecule has 0 aromatic heterocycles. The Morgan fingerprint density at radius 3 is 2.04 bits per heavy atom. The minimum absolute atomic E-state index is 0.00392. The molecule has 0 spiro atoms. The third-order valence-electron chi connectivity index (χ3n) is 5.03. The highest BCUT2D eigenvalue weighted by atomic mass is 15.1. The average Bonchev–Trinajstić information content (AvgIpc) is 2.72. The first-order valence-electron chi connectivity index (χ1n) is 9.76. The zero-order chi connectivity index (χ0) is 19.6. The maximum absolute atomic E-state index is 3.58. The predicted octanol–water partition coefficient (Wildman–Crippen LogP) is 5.38. The monoisotopic (exact) mass is 361 g/mol. The van der Waals surface area contributed by atoms with E-state index in [0.29, 0.717) is 0 Å². The third kappa shape index (κ3) is 3.62. The maximum atomic E-state index is 3.58. The summed E-state index contributed by atoms with van der Waals surface area (Å²) in [5, 5.41) is 0. The van der Waals surface area contributed by atoms with E-state index in [4.69, 9.17) is 0 Å². The van der Waals surface area contributed by atoms with Crippen LogP contribution < -0.4 is 10.3 Å². The lowest BCUT2D eigenvalue weighted by atomic mass is 9.50. The van der Waals surface area contributed by atoms with Gasteiger partial charge < -0.3 is 4.81 Å². The molecule has 1 aliphatic heterocycles. The van der Waals surface area contributed by atoms with Gasteiger partial charge in [-0.2, -0.15) is 0 Å². The van der Waals surface area contributed by atoms with Gasteiger partial charge in [0, 0.05) is 22.4 Å². The Balaban J connectivity index is 1.91. The molecule has 0 saturated carbocycles. The van der Waals surface area contributed by atoms with Gasteiger partial charge in [-0.1, -0.05) is 87.4 Å². The van der Waals surface area contributed by atoms with Crippen LogP contribution in [0, 0.1) is 17.2 Å². The lowest BCUT2D eigenvalue weighted by Gasteiger charge is -2.41.